The monoisotopic (exact) mass is 402 g/mol. The zero-order valence-corrected chi connectivity index (χ0v) is 16.4. The molecule has 1 fully saturated rings. The normalized spacial score (nSPS) is 15.8. The number of ether oxygens (including phenoxy) is 1. The number of halogens is 1. The first-order valence-corrected chi connectivity index (χ1v) is 9.47. The lowest BCUT2D eigenvalue weighted by Crippen LogP contribution is -2.47. The molecule has 0 saturated carbocycles. The fraction of sp³-hybridized carbons (Fsp3) is 0.400. The fourth-order valence-corrected chi connectivity index (χ4v) is 3.53. The van der Waals surface area contributed by atoms with E-state index in [1.165, 1.54) is 24.4 Å². The summed E-state index contributed by atoms with van der Waals surface area (Å²) in [5.74, 6) is -0.844. The van der Waals surface area contributed by atoms with Crippen LogP contribution in [0.5, 0.6) is 0 Å². The molecule has 2 heterocycles. The summed E-state index contributed by atoms with van der Waals surface area (Å²) in [4.78, 5) is 31.4. The molecular weight excluding hydrogens is 379 g/mol. The Bertz CT molecular complexity index is 900. The number of pyridine rings is 1. The molecular formula is C20H23FN4O4. The molecule has 154 valence electrons. The molecule has 8 nitrogen and oxygen atoms in total. The minimum Gasteiger partial charge on any atom is -0.462 e. The van der Waals surface area contributed by atoms with Crippen molar-refractivity contribution in [2.75, 3.05) is 37.7 Å². The van der Waals surface area contributed by atoms with E-state index >= 15 is 0 Å². The van der Waals surface area contributed by atoms with Gasteiger partial charge in [0.05, 0.1) is 11.5 Å². The van der Waals surface area contributed by atoms with Gasteiger partial charge in [-0.1, -0.05) is 12.1 Å². The molecule has 1 aliphatic rings. The van der Waals surface area contributed by atoms with Crippen molar-refractivity contribution in [3.05, 3.63) is 63.6 Å². The standard InChI is InChI=1S/C20H23FN4O4/c1-3-29-20(26)17-7-8-22-19(18(17)25(27)28)24-11-9-23(10-12-24)14(2)15-5-4-6-16(21)13-15/h4-8,13-14H,3,9-12H2,1-2H3/t14-/m0/s1. The third-order valence-corrected chi connectivity index (χ3v) is 5.08. The van der Waals surface area contributed by atoms with Crippen LogP contribution in [0.15, 0.2) is 36.5 Å². The molecule has 3 rings (SSSR count). The van der Waals surface area contributed by atoms with Crippen LogP contribution in [0.2, 0.25) is 0 Å². The minimum atomic E-state index is -0.735. The van der Waals surface area contributed by atoms with Gasteiger partial charge in [0.15, 0.2) is 0 Å². The highest BCUT2D eigenvalue weighted by atomic mass is 19.1. The molecule has 9 heteroatoms. The van der Waals surface area contributed by atoms with Crippen LogP contribution >= 0.6 is 0 Å². The van der Waals surface area contributed by atoms with Crippen molar-refractivity contribution in [1.82, 2.24) is 9.88 Å². The van der Waals surface area contributed by atoms with Gasteiger partial charge in [-0.3, -0.25) is 15.0 Å². The zero-order valence-electron chi connectivity index (χ0n) is 16.4. The van der Waals surface area contributed by atoms with Crippen LogP contribution in [0.4, 0.5) is 15.9 Å². The topological polar surface area (TPSA) is 88.8 Å². The number of piperazine rings is 1. The van der Waals surface area contributed by atoms with Crippen LogP contribution < -0.4 is 4.90 Å². The Morgan fingerprint density at radius 1 is 1.31 bits per heavy atom. The third kappa shape index (κ3) is 4.51. The highest BCUT2D eigenvalue weighted by Crippen LogP contribution is 2.32. The lowest BCUT2D eigenvalue weighted by atomic mass is 10.1. The Labute approximate surface area is 168 Å². The Morgan fingerprint density at radius 3 is 2.66 bits per heavy atom. The SMILES string of the molecule is CCOC(=O)c1ccnc(N2CCN([C@@H](C)c3cccc(F)c3)CC2)c1[N+](=O)[O-]. The summed E-state index contributed by atoms with van der Waals surface area (Å²) in [7, 11) is 0. The number of aromatic nitrogens is 1. The second-order valence-electron chi connectivity index (χ2n) is 6.76. The number of anilines is 1. The molecule has 0 N–H and O–H groups in total. The van der Waals surface area contributed by atoms with Gasteiger partial charge in [0.1, 0.15) is 11.4 Å². The maximum absolute atomic E-state index is 13.5. The molecule has 2 aromatic rings. The Hall–Kier alpha value is -3.07. The summed E-state index contributed by atoms with van der Waals surface area (Å²) < 4.78 is 18.5. The van der Waals surface area contributed by atoms with Crippen molar-refractivity contribution < 1.29 is 18.8 Å². The average molecular weight is 402 g/mol. The van der Waals surface area contributed by atoms with Gasteiger partial charge in [-0.25, -0.2) is 14.2 Å². The van der Waals surface area contributed by atoms with E-state index < -0.39 is 10.9 Å². The minimum absolute atomic E-state index is 0.0154. The van der Waals surface area contributed by atoms with E-state index in [-0.39, 0.29) is 35.5 Å². The summed E-state index contributed by atoms with van der Waals surface area (Å²) in [6, 6.07) is 7.83. The van der Waals surface area contributed by atoms with Gasteiger partial charge in [0.2, 0.25) is 5.82 Å². The number of benzene rings is 1. The summed E-state index contributed by atoms with van der Waals surface area (Å²) in [5, 5.41) is 11.7. The first-order chi connectivity index (χ1) is 13.9. The second kappa shape index (κ2) is 8.95. The van der Waals surface area contributed by atoms with E-state index in [0.717, 1.165) is 5.56 Å². The number of hydrogen-bond donors (Lipinski definition) is 0. The maximum Gasteiger partial charge on any atom is 0.345 e. The first-order valence-electron chi connectivity index (χ1n) is 9.47. The Kier molecular flexibility index (Phi) is 6.38. The number of carbonyl (C=O) groups excluding carboxylic acids is 1. The van der Waals surface area contributed by atoms with Crippen molar-refractivity contribution in [3.63, 3.8) is 0 Å². The number of rotatable bonds is 6. The predicted molar refractivity (Wildman–Crippen MR) is 105 cm³/mol. The van der Waals surface area contributed by atoms with E-state index in [4.69, 9.17) is 4.74 Å². The van der Waals surface area contributed by atoms with Crippen molar-refractivity contribution in [2.24, 2.45) is 0 Å². The second-order valence-corrected chi connectivity index (χ2v) is 6.76. The molecule has 1 atom stereocenters. The van der Waals surface area contributed by atoms with E-state index in [9.17, 15) is 19.3 Å². The van der Waals surface area contributed by atoms with E-state index in [2.05, 4.69) is 9.88 Å². The quantitative estimate of drug-likeness (QED) is 0.416. The lowest BCUT2D eigenvalue weighted by molar-refractivity contribution is -0.384. The van der Waals surface area contributed by atoms with Crippen molar-refractivity contribution in [1.29, 1.82) is 0 Å². The van der Waals surface area contributed by atoms with Crippen LogP contribution in [0.3, 0.4) is 0 Å². The zero-order chi connectivity index (χ0) is 21.0. The summed E-state index contributed by atoms with van der Waals surface area (Å²) in [6.07, 6.45) is 1.39. The highest BCUT2D eigenvalue weighted by molar-refractivity contribution is 5.96. The van der Waals surface area contributed by atoms with Crippen LogP contribution in [0, 0.1) is 15.9 Å². The Morgan fingerprint density at radius 2 is 2.03 bits per heavy atom. The van der Waals surface area contributed by atoms with Gasteiger partial charge < -0.3 is 9.64 Å². The van der Waals surface area contributed by atoms with Crippen LogP contribution in [-0.2, 0) is 4.74 Å². The number of nitro groups is 1. The first kappa shape index (κ1) is 20.7. The highest BCUT2D eigenvalue weighted by Gasteiger charge is 2.32. The van der Waals surface area contributed by atoms with Crippen molar-refractivity contribution >= 4 is 17.5 Å². The van der Waals surface area contributed by atoms with Crippen molar-refractivity contribution in [3.8, 4) is 0 Å². The lowest BCUT2D eigenvalue weighted by Gasteiger charge is -2.38. The molecule has 0 aliphatic carbocycles. The van der Waals surface area contributed by atoms with Crippen LogP contribution in [0.25, 0.3) is 0 Å². The molecule has 0 spiro atoms. The molecule has 29 heavy (non-hydrogen) atoms. The molecule has 0 radical (unpaired) electrons. The molecule has 1 saturated heterocycles. The maximum atomic E-state index is 13.5. The molecule has 0 bridgehead atoms. The molecule has 1 aromatic heterocycles. The number of nitrogens with zero attached hydrogens (tertiary/aromatic N) is 4. The van der Waals surface area contributed by atoms with Gasteiger partial charge in [0.25, 0.3) is 0 Å². The fourth-order valence-electron chi connectivity index (χ4n) is 3.53. The van der Waals surface area contributed by atoms with Gasteiger partial charge in [-0.05, 0) is 37.6 Å². The number of esters is 1. The van der Waals surface area contributed by atoms with Gasteiger partial charge in [-0.2, -0.15) is 0 Å². The van der Waals surface area contributed by atoms with Crippen LogP contribution in [-0.4, -0.2) is 53.6 Å². The Balaban J connectivity index is 1.78. The molecule has 0 amide bonds. The molecule has 1 aromatic carbocycles. The van der Waals surface area contributed by atoms with Crippen molar-refractivity contribution in [2.45, 2.75) is 19.9 Å². The van der Waals surface area contributed by atoms with E-state index in [0.29, 0.717) is 26.2 Å². The average Bonchev–Trinajstić information content (AvgIpc) is 2.73. The van der Waals surface area contributed by atoms with Crippen LogP contribution in [0.1, 0.15) is 35.8 Å². The third-order valence-electron chi connectivity index (χ3n) is 5.08. The predicted octanol–water partition coefficient (Wildman–Crippen LogP) is 3.19. The van der Waals surface area contributed by atoms with E-state index in [1.54, 1.807) is 17.9 Å². The molecule has 1 aliphatic heterocycles. The largest absolute Gasteiger partial charge is 0.462 e. The summed E-state index contributed by atoms with van der Waals surface area (Å²) in [5.41, 5.74) is 0.446. The summed E-state index contributed by atoms with van der Waals surface area (Å²) >= 11 is 0. The smallest absolute Gasteiger partial charge is 0.345 e. The number of carbonyl (C=O) groups is 1. The van der Waals surface area contributed by atoms with Gasteiger partial charge in [0, 0.05) is 38.4 Å². The number of hydrogen-bond acceptors (Lipinski definition) is 7. The van der Waals surface area contributed by atoms with Gasteiger partial charge >= 0.3 is 11.7 Å². The van der Waals surface area contributed by atoms with Gasteiger partial charge in [-0.15, -0.1) is 0 Å². The van der Waals surface area contributed by atoms with E-state index in [1.807, 2.05) is 13.0 Å². The molecule has 0 unspecified atom stereocenters. The summed E-state index contributed by atoms with van der Waals surface area (Å²) in [6.45, 7) is 6.03.